The molecule has 30 heavy (non-hydrogen) atoms. The van der Waals surface area contributed by atoms with E-state index in [9.17, 15) is 4.79 Å². The van der Waals surface area contributed by atoms with Crippen molar-refractivity contribution in [1.82, 2.24) is 24.4 Å². The standard InChI is InChI=1S/C20H16Cl2N6OS/c21-13-8-15(22)19-24-25-20(27(19)10-13)30-11-18(29)23-17-9-16(12-6-7-12)26-28(17)14-4-2-1-3-5-14/h1-5,8-10,12H,6-7,11H2,(H,23,29). The number of amides is 1. The maximum Gasteiger partial charge on any atom is 0.236 e. The Morgan fingerprint density at radius 2 is 1.97 bits per heavy atom. The van der Waals surface area contributed by atoms with Gasteiger partial charge in [-0.1, -0.05) is 53.2 Å². The van der Waals surface area contributed by atoms with Crippen LogP contribution in [0.1, 0.15) is 24.5 Å². The number of hydrogen-bond donors (Lipinski definition) is 1. The summed E-state index contributed by atoms with van der Waals surface area (Å²) in [7, 11) is 0. The third kappa shape index (κ3) is 3.90. The van der Waals surface area contributed by atoms with Crippen molar-refractivity contribution in [2.45, 2.75) is 23.9 Å². The fourth-order valence-electron chi connectivity index (χ4n) is 3.14. The number of fused-ring (bicyclic) bond motifs is 1. The van der Waals surface area contributed by atoms with E-state index in [1.807, 2.05) is 36.4 Å². The van der Waals surface area contributed by atoms with Crippen LogP contribution in [0.4, 0.5) is 5.82 Å². The molecule has 5 rings (SSSR count). The molecule has 3 aromatic heterocycles. The van der Waals surface area contributed by atoms with Crippen LogP contribution in [0, 0.1) is 0 Å². The number of nitrogens with zero attached hydrogens (tertiary/aromatic N) is 5. The maximum absolute atomic E-state index is 12.7. The first-order chi connectivity index (χ1) is 14.6. The summed E-state index contributed by atoms with van der Waals surface area (Å²) >= 11 is 13.5. The second-order valence-corrected chi connectivity index (χ2v) is 8.78. The molecule has 1 aromatic carbocycles. The molecule has 0 bridgehead atoms. The van der Waals surface area contributed by atoms with Crippen LogP contribution in [0.15, 0.2) is 53.8 Å². The summed E-state index contributed by atoms with van der Waals surface area (Å²) in [6.07, 6.45) is 3.95. The van der Waals surface area contributed by atoms with Gasteiger partial charge in [0.05, 0.1) is 27.2 Å². The highest BCUT2D eigenvalue weighted by atomic mass is 35.5. The van der Waals surface area contributed by atoms with Gasteiger partial charge in [-0.3, -0.25) is 9.20 Å². The Bertz CT molecular complexity index is 1240. The zero-order chi connectivity index (χ0) is 20.7. The van der Waals surface area contributed by atoms with E-state index in [0.29, 0.717) is 32.6 Å². The van der Waals surface area contributed by atoms with Crippen LogP contribution in [-0.4, -0.2) is 36.0 Å². The normalized spacial score (nSPS) is 13.7. The fourth-order valence-corrected chi connectivity index (χ4v) is 4.36. The number of rotatable bonds is 6. The van der Waals surface area contributed by atoms with Crippen molar-refractivity contribution in [3.05, 3.63) is 64.4 Å². The van der Waals surface area contributed by atoms with Gasteiger partial charge in [-0.25, -0.2) is 4.68 Å². The smallest absolute Gasteiger partial charge is 0.236 e. The van der Waals surface area contributed by atoms with Gasteiger partial charge >= 0.3 is 0 Å². The fraction of sp³-hybridized carbons (Fsp3) is 0.200. The van der Waals surface area contributed by atoms with Crippen LogP contribution in [0.5, 0.6) is 0 Å². The predicted octanol–water partition coefficient (Wildman–Crippen LogP) is 4.83. The number of anilines is 1. The topological polar surface area (TPSA) is 77.1 Å². The van der Waals surface area contributed by atoms with Crippen molar-refractivity contribution in [2.75, 3.05) is 11.1 Å². The predicted molar refractivity (Wildman–Crippen MR) is 118 cm³/mol. The molecule has 1 aliphatic rings. The van der Waals surface area contributed by atoms with Gasteiger partial charge in [0.25, 0.3) is 0 Å². The molecule has 1 fully saturated rings. The van der Waals surface area contributed by atoms with Gasteiger partial charge in [0.1, 0.15) is 5.82 Å². The number of thioether (sulfide) groups is 1. The highest BCUT2D eigenvalue weighted by Gasteiger charge is 2.28. The third-order valence-corrected chi connectivity index (χ3v) is 6.15. The maximum atomic E-state index is 12.7. The molecule has 10 heteroatoms. The Labute approximate surface area is 186 Å². The van der Waals surface area contributed by atoms with E-state index in [2.05, 4.69) is 15.5 Å². The first-order valence-corrected chi connectivity index (χ1v) is 11.1. The quantitative estimate of drug-likeness (QED) is 0.418. The number of carbonyl (C=O) groups excluding carboxylic acids is 1. The Hall–Kier alpha value is -2.55. The molecule has 0 atom stereocenters. The molecule has 0 spiro atoms. The van der Waals surface area contributed by atoms with E-state index in [1.165, 1.54) is 11.8 Å². The third-order valence-electron chi connectivity index (χ3n) is 4.72. The zero-order valence-electron chi connectivity index (χ0n) is 15.6. The summed E-state index contributed by atoms with van der Waals surface area (Å²) < 4.78 is 3.46. The number of aromatic nitrogens is 5. The van der Waals surface area contributed by atoms with Gasteiger partial charge in [-0.15, -0.1) is 10.2 Å². The van der Waals surface area contributed by atoms with Crippen LogP contribution in [0.3, 0.4) is 0 Å². The summed E-state index contributed by atoms with van der Waals surface area (Å²) in [6, 6.07) is 13.3. The van der Waals surface area contributed by atoms with E-state index in [-0.39, 0.29) is 11.7 Å². The average molecular weight is 459 g/mol. The lowest BCUT2D eigenvalue weighted by atomic mass is 10.3. The second kappa shape index (κ2) is 7.94. The molecule has 0 aliphatic heterocycles. The SMILES string of the molecule is O=C(CSc1nnc2c(Cl)cc(Cl)cn12)Nc1cc(C2CC2)nn1-c1ccccc1. The summed E-state index contributed by atoms with van der Waals surface area (Å²) in [6.45, 7) is 0. The number of pyridine rings is 1. The largest absolute Gasteiger partial charge is 0.310 e. The molecule has 1 amide bonds. The van der Waals surface area contributed by atoms with Crippen molar-refractivity contribution < 1.29 is 4.79 Å². The van der Waals surface area contributed by atoms with E-state index < -0.39 is 0 Å². The van der Waals surface area contributed by atoms with E-state index in [1.54, 1.807) is 21.3 Å². The lowest BCUT2D eigenvalue weighted by Crippen LogP contribution is -2.17. The molecule has 0 saturated heterocycles. The summed E-state index contributed by atoms with van der Waals surface area (Å²) in [5.41, 5.74) is 2.41. The summed E-state index contributed by atoms with van der Waals surface area (Å²) in [4.78, 5) is 12.7. The molecular formula is C20H16Cl2N6OS. The zero-order valence-corrected chi connectivity index (χ0v) is 18.0. The van der Waals surface area contributed by atoms with Gasteiger partial charge in [-0.2, -0.15) is 5.10 Å². The lowest BCUT2D eigenvalue weighted by Gasteiger charge is -2.08. The van der Waals surface area contributed by atoms with Crippen LogP contribution in [0.25, 0.3) is 11.3 Å². The number of nitrogens with one attached hydrogen (secondary N) is 1. The van der Waals surface area contributed by atoms with E-state index >= 15 is 0 Å². The molecule has 1 aliphatic carbocycles. The molecule has 0 unspecified atom stereocenters. The van der Waals surface area contributed by atoms with E-state index in [0.717, 1.165) is 24.2 Å². The molecule has 1 N–H and O–H groups in total. The highest BCUT2D eigenvalue weighted by molar-refractivity contribution is 7.99. The summed E-state index contributed by atoms with van der Waals surface area (Å²) in [5.74, 6) is 1.14. The van der Waals surface area contributed by atoms with E-state index in [4.69, 9.17) is 28.3 Å². The van der Waals surface area contributed by atoms with Crippen molar-refractivity contribution in [3.63, 3.8) is 0 Å². The molecule has 1 saturated carbocycles. The molecule has 4 aromatic rings. The average Bonchev–Trinajstić information content (AvgIpc) is 3.38. The summed E-state index contributed by atoms with van der Waals surface area (Å²) in [5, 5.41) is 17.3. The molecule has 0 radical (unpaired) electrons. The number of halogens is 2. The molecule has 3 heterocycles. The van der Waals surface area contributed by atoms with Crippen molar-refractivity contribution in [3.8, 4) is 5.69 Å². The number of carbonyl (C=O) groups is 1. The molecular weight excluding hydrogens is 443 g/mol. The minimum absolute atomic E-state index is 0.156. The monoisotopic (exact) mass is 458 g/mol. The Kier molecular flexibility index (Phi) is 5.14. The van der Waals surface area contributed by atoms with Crippen LogP contribution in [0.2, 0.25) is 10.0 Å². The van der Waals surface area contributed by atoms with Crippen molar-refractivity contribution in [1.29, 1.82) is 0 Å². The Morgan fingerprint density at radius 1 is 1.17 bits per heavy atom. The number of hydrogen-bond acceptors (Lipinski definition) is 5. The van der Waals surface area contributed by atoms with Gasteiger partial charge in [-0.05, 0) is 31.0 Å². The first-order valence-electron chi connectivity index (χ1n) is 9.36. The van der Waals surface area contributed by atoms with Crippen molar-refractivity contribution in [2.24, 2.45) is 0 Å². The first kappa shape index (κ1) is 19.4. The van der Waals surface area contributed by atoms with Crippen molar-refractivity contribution >= 4 is 52.3 Å². The van der Waals surface area contributed by atoms with Gasteiger partial charge in [0.2, 0.25) is 5.91 Å². The second-order valence-electron chi connectivity index (χ2n) is 7.00. The van der Waals surface area contributed by atoms with Crippen LogP contribution in [-0.2, 0) is 4.79 Å². The van der Waals surface area contributed by atoms with Gasteiger partial charge in [0, 0.05) is 18.2 Å². The van der Waals surface area contributed by atoms with Gasteiger partial charge in [0.15, 0.2) is 10.8 Å². The number of benzene rings is 1. The lowest BCUT2D eigenvalue weighted by molar-refractivity contribution is -0.113. The minimum Gasteiger partial charge on any atom is -0.310 e. The molecule has 152 valence electrons. The molecule has 7 nitrogen and oxygen atoms in total. The number of para-hydroxylation sites is 1. The highest BCUT2D eigenvalue weighted by Crippen LogP contribution is 2.40. The van der Waals surface area contributed by atoms with Crippen LogP contribution < -0.4 is 5.32 Å². The minimum atomic E-state index is -0.163. The Balaban J connectivity index is 1.34. The Morgan fingerprint density at radius 3 is 2.73 bits per heavy atom. The van der Waals surface area contributed by atoms with Gasteiger partial charge < -0.3 is 5.32 Å². The van der Waals surface area contributed by atoms with Crippen LogP contribution >= 0.6 is 35.0 Å².